The monoisotopic (exact) mass is 489 g/mol. The summed E-state index contributed by atoms with van der Waals surface area (Å²) in [6.45, 7) is 2.45. The van der Waals surface area contributed by atoms with Gasteiger partial charge in [-0.05, 0) is 91.9 Å². The first-order valence-electron chi connectivity index (χ1n) is 12.6. The third-order valence-corrected chi connectivity index (χ3v) is 7.32. The fraction of sp³-hybridized carbons (Fsp3) is 0.448. The van der Waals surface area contributed by atoms with Crippen LogP contribution in [-0.4, -0.2) is 57.4 Å². The van der Waals surface area contributed by atoms with Gasteiger partial charge in [0.2, 0.25) is 0 Å². The molecule has 3 aromatic rings. The Morgan fingerprint density at radius 2 is 2.11 bits per heavy atom. The Bertz CT molecular complexity index is 1240. The molecule has 0 saturated carbocycles. The number of aryl methyl sites for hydroxylation is 1. The number of benzene rings is 1. The normalized spacial score (nSPS) is 19.0. The van der Waals surface area contributed by atoms with E-state index in [0.29, 0.717) is 25.3 Å². The summed E-state index contributed by atoms with van der Waals surface area (Å²) in [4.78, 5) is 18.0. The molecule has 4 rings (SSSR count). The van der Waals surface area contributed by atoms with Crippen molar-refractivity contribution >= 4 is 16.9 Å². The van der Waals surface area contributed by atoms with Crippen molar-refractivity contribution in [2.24, 2.45) is 18.9 Å². The van der Waals surface area contributed by atoms with E-state index in [2.05, 4.69) is 21.7 Å². The van der Waals surface area contributed by atoms with Crippen molar-refractivity contribution in [2.75, 3.05) is 26.7 Å². The molecule has 1 fully saturated rings. The summed E-state index contributed by atoms with van der Waals surface area (Å²) < 4.78 is 7.37. The Balaban J connectivity index is 1.40. The Kier molecular flexibility index (Phi) is 8.63. The number of rotatable bonds is 9. The summed E-state index contributed by atoms with van der Waals surface area (Å²) >= 11 is 0. The van der Waals surface area contributed by atoms with Gasteiger partial charge in [0.15, 0.2) is 0 Å². The molecular weight excluding hydrogens is 454 g/mol. The summed E-state index contributed by atoms with van der Waals surface area (Å²) in [6.07, 6.45) is 6.37. The maximum atomic E-state index is 11.3. The van der Waals surface area contributed by atoms with Crippen LogP contribution in [0.3, 0.4) is 0 Å². The van der Waals surface area contributed by atoms with Crippen molar-refractivity contribution in [3.63, 3.8) is 0 Å². The van der Waals surface area contributed by atoms with Crippen LogP contribution >= 0.6 is 0 Å². The van der Waals surface area contributed by atoms with Crippen molar-refractivity contribution in [3.8, 4) is 17.6 Å². The van der Waals surface area contributed by atoms with E-state index in [1.807, 2.05) is 54.2 Å². The van der Waals surface area contributed by atoms with Crippen LogP contribution in [0.4, 0.5) is 0 Å². The van der Waals surface area contributed by atoms with Gasteiger partial charge in [0.1, 0.15) is 5.75 Å². The molecule has 1 aliphatic rings. The smallest absolute Gasteiger partial charge is 0.303 e. The van der Waals surface area contributed by atoms with Crippen molar-refractivity contribution < 1.29 is 19.7 Å². The standard InChI is InChI=1S/C29H35N3O4/c1-31-16-3-5-23(31)6-4-17-32-18-14-21(22(20-32)8-12-29(34)35)7-11-28(33)25-13-15-30-27-10-9-24(36-2)19-26(25)27/h3,5,9-10,13,15-16,19,21-22,28,33H,7-8,11-12,14,17-18,20H2,1-2H3,(H,34,35)/t21-,22-,28-/m1/s1. The molecule has 3 heterocycles. The number of hydrogen-bond acceptors (Lipinski definition) is 5. The van der Waals surface area contributed by atoms with Crippen molar-refractivity contribution in [1.82, 2.24) is 14.5 Å². The van der Waals surface area contributed by atoms with Crippen LogP contribution in [0.1, 0.15) is 49.5 Å². The number of aromatic nitrogens is 2. The number of aliphatic hydroxyl groups is 1. The van der Waals surface area contributed by atoms with Crippen molar-refractivity contribution in [3.05, 3.63) is 60.0 Å². The first-order valence-corrected chi connectivity index (χ1v) is 12.6. The van der Waals surface area contributed by atoms with Crippen molar-refractivity contribution in [2.45, 2.75) is 38.2 Å². The zero-order valence-electron chi connectivity index (χ0n) is 21.1. The first kappa shape index (κ1) is 25.7. The molecule has 2 aromatic heterocycles. The number of likely N-dealkylation sites (tertiary alicyclic amines) is 1. The molecule has 1 saturated heterocycles. The molecule has 3 atom stereocenters. The van der Waals surface area contributed by atoms with Crippen LogP contribution in [-0.2, 0) is 11.8 Å². The molecule has 0 radical (unpaired) electrons. The van der Waals surface area contributed by atoms with Gasteiger partial charge in [-0.2, -0.15) is 0 Å². The van der Waals surface area contributed by atoms with E-state index in [-0.39, 0.29) is 12.3 Å². The van der Waals surface area contributed by atoms with Crippen molar-refractivity contribution in [1.29, 1.82) is 0 Å². The number of carboxylic acids is 1. The van der Waals surface area contributed by atoms with E-state index in [9.17, 15) is 15.0 Å². The van der Waals surface area contributed by atoms with Crippen LogP contribution in [0.5, 0.6) is 5.75 Å². The summed E-state index contributed by atoms with van der Waals surface area (Å²) in [5, 5.41) is 21.3. The van der Waals surface area contributed by atoms with Crippen LogP contribution < -0.4 is 4.74 Å². The zero-order chi connectivity index (χ0) is 25.5. The predicted octanol–water partition coefficient (Wildman–Crippen LogP) is 4.25. The predicted molar refractivity (Wildman–Crippen MR) is 140 cm³/mol. The number of aliphatic carboxylic acids is 1. The lowest BCUT2D eigenvalue weighted by Gasteiger charge is -2.38. The van der Waals surface area contributed by atoms with Crippen LogP contribution in [0, 0.1) is 23.7 Å². The number of carbonyl (C=O) groups is 1. The molecule has 1 aliphatic heterocycles. The molecular formula is C29H35N3O4. The van der Waals surface area contributed by atoms with Crippen LogP contribution in [0.25, 0.3) is 10.9 Å². The highest BCUT2D eigenvalue weighted by molar-refractivity contribution is 5.83. The molecule has 0 unspecified atom stereocenters. The van der Waals surface area contributed by atoms with E-state index in [1.54, 1.807) is 13.3 Å². The molecule has 2 N–H and O–H groups in total. The SMILES string of the molecule is COc1ccc2nccc([C@H](O)CC[C@@H]3CCN(CC#Cc4cccn4C)C[C@H]3CCC(=O)O)c2c1. The fourth-order valence-electron chi connectivity index (χ4n) is 5.24. The number of aliphatic hydroxyl groups excluding tert-OH is 1. The lowest BCUT2D eigenvalue weighted by molar-refractivity contribution is -0.137. The van der Waals surface area contributed by atoms with Gasteiger partial charge >= 0.3 is 5.97 Å². The van der Waals surface area contributed by atoms with Gasteiger partial charge in [-0.15, -0.1) is 0 Å². The summed E-state index contributed by atoms with van der Waals surface area (Å²) in [7, 11) is 3.61. The number of ether oxygens (including phenoxy) is 1. The largest absolute Gasteiger partial charge is 0.497 e. The number of fused-ring (bicyclic) bond motifs is 1. The second kappa shape index (κ2) is 12.1. The average Bonchev–Trinajstić information content (AvgIpc) is 3.30. The second-order valence-electron chi connectivity index (χ2n) is 9.66. The molecule has 0 spiro atoms. The van der Waals surface area contributed by atoms with Gasteiger partial charge in [0.25, 0.3) is 0 Å². The molecule has 0 aliphatic carbocycles. The van der Waals surface area contributed by atoms with E-state index in [0.717, 1.165) is 53.8 Å². The van der Waals surface area contributed by atoms with Crippen LogP contribution in [0.15, 0.2) is 48.8 Å². The van der Waals surface area contributed by atoms with Gasteiger partial charge in [0.05, 0.1) is 31.0 Å². The molecule has 0 bridgehead atoms. The maximum absolute atomic E-state index is 11.3. The summed E-state index contributed by atoms with van der Waals surface area (Å²) in [6, 6.07) is 11.6. The summed E-state index contributed by atoms with van der Waals surface area (Å²) in [5.74, 6) is 7.13. The number of hydrogen-bond donors (Lipinski definition) is 2. The van der Waals surface area contributed by atoms with Crippen LogP contribution in [0.2, 0.25) is 0 Å². The quantitative estimate of drug-likeness (QED) is 0.437. The Labute approximate surface area is 212 Å². The van der Waals surface area contributed by atoms with E-state index >= 15 is 0 Å². The number of nitrogens with zero attached hydrogens (tertiary/aromatic N) is 3. The lowest BCUT2D eigenvalue weighted by atomic mass is 9.79. The molecule has 7 heteroatoms. The lowest BCUT2D eigenvalue weighted by Crippen LogP contribution is -2.41. The number of carboxylic acid groups (broad SMARTS) is 1. The Morgan fingerprint density at radius 1 is 1.25 bits per heavy atom. The highest BCUT2D eigenvalue weighted by Crippen LogP contribution is 2.35. The van der Waals surface area contributed by atoms with E-state index < -0.39 is 12.1 Å². The average molecular weight is 490 g/mol. The Hall–Kier alpha value is -3.34. The van der Waals surface area contributed by atoms with Gasteiger partial charge < -0.3 is 19.5 Å². The molecule has 0 amide bonds. The number of methoxy groups -OCH3 is 1. The first-order chi connectivity index (χ1) is 17.4. The second-order valence-corrected chi connectivity index (χ2v) is 9.66. The molecule has 1 aromatic carbocycles. The highest BCUT2D eigenvalue weighted by atomic mass is 16.5. The minimum atomic E-state index is -0.758. The molecule has 190 valence electrons. The number of piperidine rings is 1. The molecule has 36 heavy (non-hydrogen) atoms. The van der Waals surface area contributed by atoms with Gasteiger partial charge in [-0.3, -0.25) is 14.7 Å². The Morgan fingerprint density at radius 3 is 2.86 bits per heavy atom. The maximum Gasteiger partial charge on any atom is 0.303 e. The van der Waals surface area contributed by atoms with Gasteiger partial charge in [-0.25, -0.2) is 0 Å². The minimum Gasteiger partial charge on any atom is -0.497 e. The molecule has 7 nitrogen and oxygen atoms in total. The number of pyridine rings is 1. The third kappa shape index (κ3) is 6.45. The fourth-order valence-corrected chi connectivity index (χ4v) is 5.24. The highest BCUT2D eigenvalue weighted by Gasteiger charge is 2.30. The van der Waals surface area contributed by atoms with E-state index in [1.165, 1.54) is 0 Å². The topological polar surface area (TPSA) is 87.8 Å². The van der Waals surface area contributed by atoms with E-state index in [4.69, 9.17) is 4.74 Å². The minimum absolute atomic E-state index is 0.168. The zero-order valence-corrected chi connectivity index (χ0v) is 21.1. The van der Waals surface area contributed by atoms with Gasteiger partial charge in [0, 0.05) is 37.8 Å². The third-order valence-electron chi connectivity index (χ3n) is 7.32. The van der Waals surface area contributed by atoms with Gasteiger partial charge in [-0.1, -0.05) is 5.92 Å². The summed E-state index contributed by atoms with van der Waals surface area (Å²) in [5.41, 5.74) is 2.67.